The van der Waals surface area contributed by atoms with Gasteiger partial charge in [-0.1, -0.05) is 24.3 Å². The Labute approximate surface area is 119 Å². The minimum Gasteiger partial charge on any atom is -0.464 e. The fourth-order valence-corrected chi connectivity index (χ4v) is 2.11. The highest BCUT2D eigenvalue weighted by Crippen LogP contribution is 2.07. The average molecular weight is 272 g/mol. The Morgan fingerprint density at radius 3 is 2.80 bits per heavy atom. The number of aromatic amines is 1. The maximum atomic E-state index is 11.3. The van der Waals surface area contributed by atoms with Gasteiger partial charge in [-0.25, -0.2) is 4.79 Å². The molecule has 106 valence electrons. The zero-order chi connectivity index (χ0) is 14.4. The van der Waals surface area contributed by atoms with Crippen LogP contribution in [0.4, 0.5) is 0 Å². The number of aromatic nitrogens is 1. The van der Waals surface area contributed by atoms with Crippen LogP contribution >= 0.6 is 0 Å². The number of ether oxygens (including phenoxy) is 1. The van der Waals surface area contributed by atoms with Crippen molar-refractivity contribution in [2.24, 2.45) is 0 Å². The van der Waals surface area contributed by atoms with Gasteiger partial charge in [-0.2, -0.15) is 0 Å². The molecule has 0 atom stereocenters. The van der Waals surface area contributed by atoms with E-state index >= 15 is 0 Å². The van der Waals surface area contributed by atoms with Gasteiger partial charge in [0.25, 0.3) is 0 Å². The molecule has 0 saturated heterocycles. The standard InChI is InChI=1S/C16H20N2O2/c1-12-5-3-4-6-13(12)9-10-17-11-14-7-8-15(18-14)16(19)20-2/h3-8,17-18H,9-11H2,1-2H3. The largest absolute Gasteiger partial charge is 0.464 e. The first-order chi connectivity index (χ1) is 9.70. The lowest BCUT2D eigenvalue weighted by Gasteiger charge is -2.06. The number of carbonyl (C=O) groups excluding carboxylic acids is 1. The molecule has 0 unspecified atom stereocenters. The molecule has 0 aliphatic rings. The van der Waals surface area contributed by atoms with Gasteiger partial charge in [-0.05, 0) is 43.1 Å². The predicted molar refractivity (Wildman–Crippen MR) is 78.7 cm³/mol. The molecular weight excluding hydrogens is 252 g/mol. The van der Waals surface area contributed by atoms with Gasteiger partial charge < -0.3 is 15.0 Å². The second-order valence-corrected chi connectivity index (χ2v) is 4.74. The molecule has 1 aromatic carbocycles. The minimum atomic E-state index is -0.337. The number of carbonyl (C=O) groups is 1. The Kier molecular flexibility index (Phi) is 4.96. The highest BCUT2D eigenvalue weighted by Gasteiger charge is 2.07. The summed E-state index contributed by atoms with van der Waals surface area (Å²) < 4.78 is 4.66. The molecule has 1 heterocycles. The molecule has 0 aliphatic heterocycles. The summed E-state index contributed by atoms with van der Waals surface area (Å²) in [5.74, 6) is -0.337. The Morgan fingerprint density at radius 2 is 2.05 bits per heavy atom. The zero-order valence-electron chi connectivity index (χ0n) is 11.9. The molecule has 4 heteroatoms. The van der Waals surface area contributed by atoms with Gasteiger partial charge in [0.05, 0.1) is 7.11 Å². The first-order valence-corrected chi connectivity index (χ1v) is 6.72. The maximum Gasteiger partial charge on any atom is 0.354 e. The van der Waals surface area contributed by atoms with E-state index < -0.39 is 0 Å². The van der Waals surface area contributed by atoms with Crippen LogP contribution in [0.5, 0.6) is 0 Å². The van der Waals surface area contributed by atoms with E-state index in [1.807, 2.05) is 6.07 Å². The van der Waals surface area contributed by atoms with Crippen molar-refractivity contribution in [3.8, 4) is 0 Å². The Balaban J connectivity index is 1.77. The van der Waals surface area contributed by atoms with Crippen LogP contribution in [0, 0.1) is 6.92 Å². The van der Waals surface area contributed by atoms with Crippen LogP contribution in [-0.4, -0.2) is 24.6 Å². The number of hydrogen-bond donors (Lipinski definition) is 2. The lowest BCUT2D eigenvalue weighted by Crippen LogP contribution is -2.17. The fourth-order valence-electron chi connectivity index (χ4n) is 2.11. The highest BCUT2D eigenvalue weighted by atomic mass is 16.5. The number of methoxy groups -OCH3 is 1. The summed E-state index contributed by atoms with van der Waals surface area (Å²) in [4.78, 5) is 14.3. The van der Waals surface area contributed by atoms with E-state index in [0.29, 0.717) is 12.2 Å². The van der Waals surface area contributed by atoms with Gasteiger partial charge in [-0.15, -0.1) is 0 Å². The van der Waals surface area contributed by atoms with Gasteiger partial charge >= 0.3 is 5.97 Å². The summed E-state index contributed by atoms with van der Waals surface area (Å²) in [6, 6.07) is 12.0. The van der Waals surface area contributed by atoms with Gasteiger partial charge in [0.2, 0.25) is 0 Å². The number of hydrogen-bond acceptors (Lipinski definition) is 3. The molecule has 4 nitrogen and oxygen atoms in total. The minimum absolute atomic E-state index is 0.337. The summed E-state index contributed by atoms with van der Waals surface area (Å²) >= 11 is 0. The number of rotatable bonds is 6. The molecule has 0 bridgehead atoms. The van der Waals surface area contributed by atoms with Crippen LogP contribution in [0.25, 0.3) is 0 Å². The van der Waals surface area contributed by atoms with Gasteiger partial charge in [0.15, 0.2) is 0 Å². The molecule has 0 saturated carbocycles. The first-order valence-electron chi connectivity index (χ1n) is 6.72. The van der Waals surface area contributed by atoms with Crippen molar-refractivity contribution in [1.29, 1.82) is 0 Å². The van der Waals surface area contributed by atoms with Gasteiger partial charge in [0.1, 0.15) is 5.69 Å². The first kappa shape index (κ1) is 14.3. The van der Waals surface area contributed by atoms with Crippen molar-refractivity contribution in [1.82, 2.24) is 10.3 Å². The second-order valence-electron chi connectivity index (χ2n) is 4.74. The Morgan fingerprint density at radius 1 is 1.25 bits per heavy atom. The molecule has 2 aromatic rings. The van der Waals surface area contributed by atoms with E-state index in [9.17, 15) is 4.79 Å². The fraction of sp³-hybridized carbons (Fsp3) is 0.312. The molecule has 0 radical (unpaired) electrons. The van der Waals surface area contributed by atoms with Crippen LogP contribution in [-0.2, 0) is 17.7 Å². The van der Waals surface area contributed by atoms with Crippen LogP contribution in [0.1, 0.15) is 27.3 Å². The maximum absolute atomic E-state index is 11.3. The lowest BCUT2D eigenvalue weighted by molar-refractivity contribution is 0.0594. The monoisotopic (exact) mass is 272 g/mol. The van der Waals surface area contributed by atoms with Crippen molar-refractivity contribution < 1.29 is 9.53 Å². The van der Waals surface area contributed by atoms with Crippen molar-refractivity contribution >= 4 is 5.97 Å². The van der Waals surface area contributed by atoms with E-state index in [0.717, 1.165) is 18.7 Å². The third kappa shape index (κ3) is 3.71. The summed E-state index contributed by atoms with van der Waals surface area (Å²) in [6.45, 7) is 3.74. The molecular formula is C16H20N2O2. The smallest absolute Gasteiger partial charge is 0.354 e. The summed E-state index contributed by atoms with van der Waals surface area (Å²) in [5, 5.41) is 3.36. The predicted octanol–water partition coefficient (Wildman–Crippen LogP) is 2.44. The van der Waals surface area contributed by atoms with Crippen LogP contribution in [0.15, 0.2) is 36.4 Å². The van der Waals surface area contributed by atoms with E-state index in [1.54, 1.807) is 6.07 Å². The summed E-state index contributed by atoms with van der Waals surface area (Å²) in [7, 11) is 1.38. The molecule has 0 fully saturated rings. The third-order valence-corrected chi connectivity index (χ3v) is 3.30. The third-order valence-electron chi connectivity index (χ3n) is 3.30. The lowest BCUT2D eigenvalue weighted by atomic mass is 10.1. The number of H-pyrrole nitrogens is 1. The second kappa shape index (κ2) is 6.91. The van der Waals surface area contributed by atoms with Crippen LogP contribution in [0.3, 0.4) is 0 Å². The van der Waals surface area contributed by atoms with E-state index in [1.165, 1.54) is 18.2 Å². The number of benzene rings is 1. The molecule has 0 spiro atoms. The van der Waals surface area contributed by atoms with Gasteiger partial charge in [0, 0.05) is 12.2 Å². The van der Waals surface area contributed by atoms with E-state index in [2.05, 4.69) is 46.2 Å². The van der Waals surface area contributed by atoms with Crippen molar-refractivity contribution in [3.05, 3.63) is 58.9 Å². The summed E-state index contributed by atoms with van der Waals surface area (Å²) in [5.41, 5.74) is 4.15. The number of nitrogens with one attached hydrogen (secondary N) is 2. The van der Waals surface area contributed by atoms with E-state index in [-0.39, 0.29) is 5.97 Å². The average Bonchev–Trinajstić information content (AvgIpc) is 2.93. The van der Waals surface area contributed by atoms with Crippen molar-refractivity contribution in [2.75, 3.05) is 13.7 Å². The SMILES string of the molecule is COC(=O)c1ccc(CNCCc2ccccc2C)[nH]1. The molecule has 2 rings (SSSR count). The number of esters is 1. The summed E-state index contributed by atoms with van der Waals surface area (Å²) in [6.07, 6.45) is 0.997. The van der Waals surface area contributed by atoms with Crippen LogP contribution < -0.4 is 5.32 Å². The van der Waals surface area contributed by atoms with E-state index in [4.69, 9.17) is 0 Å². The van der Waals surface area contributed by atoms with Crippen molar-refractivity contribution in [2.45, 2.75) is 19.9 Å². The highest BCUT2D eigenvalue weighted by molar-refractivity contribution is 5.87. The zero-order valence-corrected chi connectivity index (χ0v) is 11.9. The molecule has 2 N–H and O–H groups in total. The molecule has 0 aliphatic carbocycles. The number of aryl methyl sites for hydroxylation is 1. The normalized spacial score (nSPS) is 10.5. The molecule has 20 heavy (non-hydrogen) atoms. The topological polar surface area (TPSA) is 54.1 Å². The Hall–Kier alpha value is -2.07. The van der Waals surface area contributed by atoms with Crippen molar-refractivity contribution in [3.63, 3.8) is 0 Å². The molecule has 0 amide bonds. The Bertz CT molecular complexity index is 575. The van der Waals surface area contributed by atoms with Crippen LogP contribution in [0.2, 0.25) is 0 Å². The van der Waals surface area contributed by atoms with Gasteiger partial charge in [-0.3, -0.25) is 0 Å². The quantitative estimate of drug-likeness (QED) is 0.627. The molecule has 1 aromatic heterocycles.